The summed E-state index contributed by atoms with van der Waals surface area (Å²) < 4.78 is 45.0. The molecule has 0 heterocycles. The summed E-state index contributed by atoms with van der Waals surface area (Å²) in [5.41, 5.74) is 2.56. The number of carbonyl (C=O) groups excluding carboxylic acids is 1. The smallest absolute Gasteiger partial charge is 0.335 e. The first-order chi connectivity index (χ1) is 34.6. The van der Waals surface area contributed by atoms with Crippen molar-refractivity contribution in [3.8, 4) is 12.1 Å². The van der Waals surface area contributed by atoms with E-state index < -0.39 is 42.0 Å². The van der Waals surface area contributed by atoms with Crippen molar-refractivity contribution in [2.45, 2.75) is 154 Å². The minimum Gasteiger partial charge on any atom is -0.479 e. The number of nitriles is 2. The van der Waals surface area contributed by atoms with Crippen molar-refractivity contribution in [2.75, 3.05) is 13.2 Å². The summed E-state index contributed by atoms with van der Waals surface area (Å²) in [5, 5.41) is 37.4. The van der Waals surface area contributed by atoms with Crippen LogP contribution in [0.4, 0.5) is 8.78 Å². The van der Waals surface area contributed by atoms with E-state index in [4.69, 9.17) is 24.7 Å². The number of nitrogens with zero attached hydrogens (tertiary/aromatic N) is 2. The van der Waals surface area contributed by atoms with E-state index in [1.54, 1.807) is 0 Å². The van der Waals surface area contributed by atoms with Crippen molar-refractivity contribution >= 4 is 11.8 Å². The Hall–Kier alpha value is -6.08. The molecule has 5 rings (SSSR count). The van der Waals surface area contributed by atoms with E-state index in [1.807, 2.05) is 103 Å². The highest BCUT2D eigenvalue weighted by Gasteiger charge is 2.39. The Kier molecular flexibility index (Phi) is 27.1. The number of aliphatic hydroxyl groups excluding tert-OH is 1. The molecule has 5 aromatic carbocycles. The zero-order chi connectivity index (χ0) is 50.9. The molecule has 0 bridgehead atoms. The summed E-state index contributed by atoms with van der Waals surface area (Å²) >= 11 is 0. The Labute approximate surface area is 420 Å². The predicted molar refractivity (Wildman–Crippen MR) is 273 cm³/mol. The van der Waals surface area contributed by atoms with E-state index in [2.05, 4.69) is 6.92 Å². The Morgan fingerprint density at radius 2 is 0.915 bits per heavy atom. The van der Waals surface area contributed by atoms with Gasteiger partial charge in [-0.25, -0.2) is 13.6 Å². The molecule has 378 valence electrons. The van der Waals surface area contributed by atoms with E-state index in [0.717, 1.165) is 48.1 Å². The third kappa shape index (κ3) is 20.7. The Bertz CT molecular complexity index is 2270. The lowest BCUT2D eigenvalue weighted by Crippen LogP contribution is -2.38. The lowest BCUT2D eigenvalue weighted by atomic mass is 9.80. The maximum absolute atomic E-state index is 13.8. The fourth-order valence-corrected chi connectivity index (χ4v) is 8.58. The lowest BCUT2D eigenvalue weighted by Gasteiger charge is -2.36. The summed E-state index contributed by atoms with van der Waals surface area (Å²) in [6.07, 6.45) is 20.1. The van der Waals surface area contributed by atoms with E-state index >= 15 is 0 Å². The number of carbonyl (C=O) groups is 2. The number of carboxylic acid groups (broad SMARTS) is 1. The van der Waals surface area contributed by atoms with Gasteiger partial charge in [0.05, 0.1) is 49.7 Å². The fraction of sp³-hybridized carbons (Fsp3) is 0.433. The number of Topliss-reactive ketones (excluding diaryl/α,β-unsaturated/α-hetero) is 1. The highest BCUT2D eigenvalue weighted by Crippen LogP contribution is 2.40. The van der Waals surface area contributed by atoms with Crippen LogP contribution < -0.4 is 0 Å². The van der Waals surface area contributed by atoms with Crippen LogP contribution in [0.3, 0.4) is 0 Å². The fourth-order valence-electron chi connectivity index (χ4n) is 8.58. The van der Waals surface area contributed by atoms with Gasteiger partial charge in [-0.05, 0) is 70.6 Å². The first-order valence-corrected chi connectivity index (χ1v) is 25.4. The van der Waals surface area contributed by atoms with Gasteiger partial charge < -0.3 is 24.4 Å². The quantitative estimate of drug-likeness (QED) is 0.0309. The monoisotopic (exact) mass is 971 g/mol. The van der Waals surface area contributed by atoms with Gasteiger partial charge >= 0.3 is 5.97 Å². The molecule has 2 N–H and O–H groups in total. The highest BCUT2D eigenvalue weighted by atomic mass is 19.1. The van der Waals surface area contributed by atoms with Crippen LogP contribution in [-0.2, 0) is 42.6 Å². The molecule has 71 heavy (non-hydrogen) atoms. The third-order valence-electron chi connectivity index (χ3n) is 12.4. The number of rotatable bonds is 33. The van der Waals surface area contributed by atoms with Crippen molar-refractivity contribution in [2.24, 2.45) is 0 Å². The summed E-state index contributed by atoms with van der Waals surface area (Å²) in [6, 6.07) is 40.3. The summed E-state index contributed by atoms with van der Waals surface area (Å²) in [4.78, 5) is 24.4. The molecule has 0 saturated carbocycles. The number of ether oxygens (including phenoxy) is 3. The average Bonchev–Trinajstić information content (AvgIpc) is 3.39. The van der Waals surface area contributed by atoms with Gasteiger partial charge in [-0.1, -0.05) is 201 Å². The summed E-state index contributed by atoms with van der Waals surface area (Å²) in [6.45, 7) is 1.39. The van der Waals surface area contributed by atoms with Crippen LogP contribution >= 0.6 is 0 Å². The standard InChI is InChI=1S/C30H24FNO4.C30H48FNO3/c31-27-17-22(19-32)16-23(18-27)20-35-28(29(33)34)21-36-30(24-10-4-1-5-11-24,25-12-6-2-7-13-25)26-14-8-3-9-15-26;1-2-3-4-5-6-7-8-9-10-11-12-13-14-15-16-17-18-19-29(34)30(24-33)35-25-27-20-26(23-32)21-28(31)22-27/h1-18,28H,20-21H2,(H,33,34);20-22,30,33H,2-19,24-25H2,1H3/t28-;30-/m00/s1. The summed E-state index contributed by atoms with van der Waals surface area (Å²) in [7, 11) is 0. The van der Waals surface area contributed by atoms with Gasteiger partial charge in [0, 0.05) is 6.42 Å². The largest absolute Gasteiger partial charge is 0.479 e. The number of aliphatic carboxylic acids is 1. The molecule has 0 aromatic heterocycles. The molecule has 0 saturated heterocycles. The van der Waals surface area contributed by atoms with Crippen LogP contribution in [0.2, 0.25) is 0 Å². The molecule has 0 unspecified atom stereocenters. The molecule has 9 nitrogen and oxygen atoms in total. The van der Waals surface area contributed by atoms with Crippen LogP contribution in [0.25, 0.3) is 0 Å². The van der Waals surface area contributed by atoms with Crippen LogP contribution in [0.15, 0.2) is 127 Å². The molecule has 5 aromatic rings. The average molecular weight is 971 g/mol. The maximum Gasteiger partial charge on any atom is 0.335 e. The molecule has 2 atom stereocenters. The second-order valence-electron chi connectivity index (χ2n) is 18.0. The Morgan fingerprint density at radius 3 is 1.27 bits per heavy atom. The van der Waals surface area contributed by atoms with Crippen molar-refractivity contribution in [3.63, 3.8) is 0 Å². The van der Waals surface area contributed by atoms with E-state index in [-0.39, 0.29) is 36.7 Å². The molecule has 0 aliphatic rings. The molecule has 0 amide bonds. The van der Waals surface area contributed by atoms with E-state index in [0.29, 0.717) is 17.5 Å². The maximum atomic E-state index is 13.8. The molecule has 0 aliphatic carbocycles. The number of benzene rings is 5. The van der Waals surface area contributed by atoms with Gasteiger partial charge in [0.2, 0.25) is 0 Å². The molecule has 0 aliphatic heterocycles. The number of aliphatic hydroxyl groups is 1. The predicted octanol–water partition coefficient (Wildman–Crippen LogP) is 13.9. The minimum atomic E-state index is -1.34. The Balaban J connectivity index is 0.000000309. The van der Waals surface area contributed by atoms with Gasteiger partial charge in [0.25, 0.3) is 0 Å². The van der Waals surface area contributed by atoms with Gasteiger partial charge in [0.1, 0.15) is 23.3 Å². The number of unbranched alkanes of at least 4 members (excludes halogenated alkanes) is 16. The van der Waals surface area contributed by atoms with E-state index in [9.17, 15) is 28.6 Å². The zero-order valence-corrected chi connectivity index (χ0v) is 41.4. The topological polar surface area (TPSA) is 150 Å². The van der Waals surface area contributed by atoms with Crippen molar-refractivity contribution in [1.82, 2.24) is 0 Å². The minimum absolute atomic E-state index is 0.0115. The van der Waals surface area contributed by atoms with Gasteiger partial charge in [-0.3, -0.25) is 4.79 Å². The highest BCUT2D eigenvalue weighted by molar-refractivity contribution is 5.83. The van der Waals surface area contributed by atoms with Gasteiger partial charge in [-0.15, -0.1) is 0 Å². The van der Waals surface area contributed by atoms with Crippen molar-refractivity contribution in [3.05, 3.63) is 178 Å². The number of halogens is 2. The zero-order valence-electron chi connectivity index (χ0n) is 41.4. The second-order valence-corrected chi connectivity index (χ2v) is 18.0. The van der Waals surface area contributed by atoms with Crippen molar-refractivity contribution in [1.29, 1.82) is 10.5 Å². The third-order valence-corrected chi connectivity index (χ3v) is 12.4. The van der Waals surface area contributed by atoms with Crippen molar-refractivity contribution < 1.29 is 42.8 Å². The molecular formula is C60H72F2N2O7. The first-order valence-electron chi connectivity index (χ1n) is 25.4. The van der Waals surface area contributed by atoms with E-state index in [1.165, 1.54) is 114 Å². The molecular weight excluding hydrogens is 899 g/mol. The number of ketones is 1. The number of carboxylic acids is 1. The molecule has 0 radical (unpaired) electrons. The molecule has 0 fully saturated rings. The molecule has 11 heteroatoms. The normalized spacial score (nSPS) is 12.0. The van der Waals surface area contributed by atoms with Gasteiger partial charge in [-0.2, -0.15) is 10.5 Å². The Morgan fingerprint density at radius 1 is 0.549 bits per heavy atom. The number of hydrogen-bond donors (Lipinski definition) is 2. The van der Waals surface area contributed by atoms with Crippen LogP contribution in [0.5, 0.6) is 0 Å². The summed E-state index contributed by atoms with van der Waals surface area (Å²) in [5.74, 6) is -2.44. The van der Waals surface area contributed by atoms with Crippen LogP contribution in [0.1, 0.15) is 161 Å². The lowest BCUT2D eigenvalue weighted by molar-refractivity contribution is -0.159. The van der Waals surface area contributed by atoms with Crippen LogP contribution in [0, 0.1) is 34.3 Å². The van der Waals surface area contributed by atoms with Gasteiger partial charge in [0.15, 0.2) is 11.9 Å². The molecule has 0 spiro atoms. The first kappa shape index (κ1) is 57.5. The van der Waals surface area contributed by atoms with Crippen LogP contribution in [-0.4, -0.2) is 47.4 Å². The SMILES string of the molecule is CCCCCCCCCCCCCCCCCCCC(=O)[C@H](CO)OCc1cc(F)cc(C#N)c1.N#Cc1cc(F)cc(CO[C@@H](COC(c2ccccc2)(c2ccccc2)c2ccccc2)C(=O)O)c1. The second kappa shape index (κ2) is 33.5. The number of hydrogen-bond acceptors (Lipinski definition) is 8.